The van der Waals surface area contributed by atoms with Crippen LogP contribution in [0.1, 0.15) is 16.7 Å². The standard InChI is InChI=1S/C19H12Cl4O5S/c20-12-5-1-3-10(7-12)19(29(26,27)28,11-4-2-6-13(24)8-11)14-9-15(21)18(25)17(23)16(14)22/h1-9,24-25H,(H,26,27,28). The van der Waals surface area contributed by atoms with Crippen molar-refractivity contribution >= 4 is 56.5 Å². The van der Waals surface area contributed by atoms with Gasteiger partial charge >= 0.3 is 0 Å². The highest BCUT2D eigenvalue weighted by Gasteiger charge is 2.50. The van der Waals surface area contributed by atoms with E-state index >= 15 is 0 Å². The average molecular weight is 494 g/mol. The van der Waals surface area contributed by atoms with Gasteiger partial charge < -0.3 is 10.2 Å². The average Bonchev–Trinajstić information content (AvgIpc) is 2.64. The van der Waals surface area contributed by atoms with Gasteiger partial charge in [-0.2, -0.15) is 8.42 Å². The van der Waals surface area contributed by atoms with Gasteiger partial charge in [0, 0.05) is 10.6 Å². The third-order valence-corrected chi connectivity index (χ3v) is 7.23. The Morgan fingerprint density at radius 3 is 1.93 bits per heavy atom. The first kappa shape index (κ1) is 22.0. The summed E-state index contributed by atoms with van der Waals surface area (Å²) in [5.41, 5.74) is -0.276. The van der Waals surface area contributed by atoms with Gasteiger partial charge in [-0.3, -0.25) is 4.55 Å². The molecule has 0 aliphatic carbocycles. The molecule has 3 aromatic carbocycles. The van der Waals surface area contributed by atoms with Crippen molar-refractivity contribution in [1.82, 2.24) is 0 Å². The van der Waals surface area contributed by atoms with Crippen LogP contribution in [0.4, 0.5) is 0 Å². The second-order valence-corrected chi connectivity index (χ2v) is 9.26. The molecular formula is C19H12Cl4O5S. The van der Waals surface area contributed by atoms with Gasteiger partial charge in [0.05, 0.1) is 10.0 Å². The van der Waals surface area contributed by atoms with E-state index in [0.717, 1.165) is 12.1 Å². The summed E-state index contributed by atoms with van der Waals surface area (Å²) in [6.45, 7) is 0. The number of rotatable bonds is 4. The van der Waals surface area contributed by atoms with E-state index in [4.69, 9.17) is 46.4 Å². The normalized spacial score (nSPS) is 13.8. The van der Waals surface area contributed by atoms with Gasteiger partial charge in [0.25, 0.3) is 10.1 Å². The van der Waals surface area contributed by atoms with Crippen LogP contribution >= 0.6 is 46.4 Å². The van der Waals surface area contributed by atoms with Crippen molar-refractivity contribution in [3.05, 3.63) is 91.4 Å². The maximum absolute atomic E-state index is 13.0. The Bertz CT molecular complexity index is 1170. The highest BCUT2D eigenvalue weighted by atomic mass is 35.5. The van der Waals surface area contributed by atoms with Gasteiger partial charge in [-0.15, -0.1) is 0 Å². The summed E-state index contributed by atoms with van der Waals surface area (Å²) in [5.74, 6) is -0.807. The minimum Gasteiger partial charge on any atom is -0.508 e. The predicted molar refractivity (Wildman–Crippen MR) is 114 cm³/mol. The number of halogens is 4. The number of aromatic hydroxyl groups is 2. The summed E-state index contributed by atoms with van der Waals surface area (Å²) in [5, 5.41) is 19.1. The Morgan fingerprint density at radius 1 is 0.793 bits per heavy atom. The highest BCUT2D eigenvalue weighted by Crippen LogP contribution is 2.51. The van der Waals surface area contributed by atoms with E-state index in [9.17, 15) is 23.2 Å². The molecule has 1 atom stereocenters. The van der Waals surface area contributed by atoms with Crippen molar-refractivity contribution in [3.63, 3.8) is 0 Å². The predicted octanol–water partition coefficient (Wildman–Crippen LogP) is 5.89. The molecule has 3 N–H and O–H groups in total. The van der Waals surface area contributed by atoms with Crippen LogP contribution in [0.3, 0.4) is 0 Å². The second-order valence-electron chi connectivity index (χ2n) is 6.10. The zero-order chi connectivity index (χ0) is 21.6. The largest absolute Gasteiger partial charge is 0.508 e. The zero-order valence-corrected chi connectivity index (χ0v) is 18.1. The lowest BCUT2D eigenvalue weighted by Gasteiger charge is -2.33. The molecule has 0 spiro atoms. The van der Waals surface area contributed by atoms with Crippen LogP contribution in [-0.2, 0) is 14.9 Å². The van der Waals surface area contributed by atoms with E-state index in [-0.39, 0.29) is 37.5 Å². The first-order chi connectivity index (χ1) is 13.5. The topological polar surface area (TPSA) is 94.8 Å². The molecule has 0 aromatic heterocycles. The van der Waals surface area contributed by atoms with E-state index in [1.165, 1.54) is 42.5 Å². The van der Waals surface area contributed by atoms with Crippen molar-refractivity contribution < 1.29 is 23.2 Å². The Labute approximate surface area is 186 Å². The van der Waals surface area contributed by atoms with E-state index in [0.29, 0.717) is 0 Å². The SMILES string of the molecule is O=S(=O)(O)C(c1cccc(O)c1)(c1cccc(Cl)c1)c1cc(Cl)c(O)c(Cl)c1Cl. The molecule has 5 nitrogen and oxygen atoms in total. The van der Waals surface area contributed by atoms with Gasteiger partial charge in [-0.25, -0.2) is 0 Å². The fraction of sp³-hybridized carbons (Fsp3) is 0.0526. The molecule has 0 amide bonds. The lowest BCUT2D eigenvalue weighted by molar-refractivity contribution is 0.455. The summed E-state index contributed by atoms with van der Waals surface area (Å²) in [6.07, 6.45) is 0. The molecule has 0 fully saturated rings. The van der Waals surface area contributed by atoms with Gasteiger partial charge in [-0.1, -0.05) is 70.7 Å². The van der Waals surface area contributed by atoms with Crippen LogP contribution in [0.2, 0.25) is 20.1 Å². The van der Waals surface area contributed by atoms with Crippen molar-refractivity contribution in [2.75, 3.05) is 0 Å². The van der Waals surface area contributed by atoms with Crippen molar-refractivity contribution in [3.8, 4) is 11.5 Å². The molecule has 0 aliphatic heterocycles. The molecule has 1 unspecified atom stereocenters. The van der Waals surface area contributed by atoms with Crippen molar-refractivity contribution in [1.29, 1.82) is 0 Å². The number of benzene rings is 3. The molecule has 10 heteroatoms. The van der Waals surface area contributed by atoms with Gasteiger partial charge in [0.15, 0.2) is 10.5 Å². The number of hydrogen-bond donors (Lipinski definition) is 3. The quantitative estimate of drug-likeness (QED) is 0.239. The summed E-state index contributed by atoms with van der Waals surface area (Å²) >= 11 is 24.5. The number of phenolic OH excluding ortho intramolecular Hbond substituents is 2. The smallest absolute Gasteiger partial charge is 0.283 e. The molecule has 3 aromatic rings. The molecule has 29 heavy (non-hydrogen) atoms. The number of hydrogen-bond acceptors (Lipinski definition) is 4. The Balaban J connectivity index is 2.62. The van der Waals surface area contributed by atoms with E-state index in [2.05, 4.69) is 0 Å². The van der Waals surface area contributed by atoms with Crippen LogP contribution in [-0.4, -0.2) is 23.2 Å². The molecule has 0 heterocycles. The lowest BCUT2D eigenvalue weighted by atomic mass is 9.83. The molecule has 0 bridgehead atoms. The maximum atomic E-state index is 13.0. The first-order valence-electron chi connectivity index (χ1n) is 7.89. The van der Waals surface area contributed by atoms with Crippen LogP contribution in [0.25, 0.3) is 0 Å². The van der Waals surface area contributed by atoms with Crippen LogP contribution < -0.4 is 0 Å². The molecular weight excluding hydrogens is 482 g/mol. The van der Waals surface area contributed by atoms with E-state index in [1.807, 2.05) is 0 Å². The third kappa shape index (κ3) is 3.65. The van der Waals surface area contributed by atoms with Gasteiger partial charge in [0.1, 0.15) is 10.8 Å². The summed E-state index contributed by atoms with van der Waals surface area (Å²) in [6, 6.07) is 12.1. The lowest BCUT2D eigenvalue weighted by Crippen LogP contribution is -2.38. The van der Waals surface area contributed by atoms with Crippen LogP contribution in [0.15, 0.2) is 54.6 Å². The molecule has 152 valence electrons. The Morgan fingerprint density at radius 2 is 1.38 bits per heavy atom. The van der Waals surface area contributed by atoms with Crippen molar-refractivity contribution in [2.24, 2.45) is 0 Å². The fourth-order valence-corrected chi connectivity index (χ4v) is 5.46. The van der Waals surface area contributed by atoms with E-state index < -0.39 is 25.6 Å². The van der Waals surface area contributed by atoms with Crippen molar-refractivity contribution in [2.45, 2.75) is 4.75 Å². The number of phenols is 2. The zero-order valence-electron chi connectivity index (χ0n) is 14.3. The maximum Gasteiger partial charge on any atom is 0.283 e. The fourth-order valence-electron chi connectivity index (χ4n) is 3.19. The first-order valence-corrected chi connectivity index (χ1v) is 10.8. The van der Waals surface area contributed by atoms with Crippen LogP contribution in [0.5, 0.6) is 11.5 Å². The molecule has 0 aliphatic rings. The third-order valence-electron chi connectivity index (χ3n) is 4.38. The molecule has 0 saturated carbocycles. The van der Waals surface area contributed by atoms with Gasteiger partial charge in [-0.05, 0) is 41.5 Å². The monoisotopic (exact) mass is 492 g/mol. The summed E-state index contributed by atoms with van der Waals surface area (Å²) < 4.78 is 34.0. The highest BCUT2D eigenvalue weighted by molar-refractivity contribution is 7.87. The minimum atomic E-state index is -5.04. The Hall–Kier alpha value is -1.67. The molecule has 3 rings (SSSR count). The Kier molecular flexibility index (Phi) is 5.98. The van der Waals surface area contributed by atoms with E-state index in [1.54, 1.807) is 0 Å². The molecule has 0 saturated heterocycles. The molecule has 0 radical (unpaired) electrons. The van der Waals surface area contributed by atoms with Crippen LogP contribution in [0, 0.1) is 0 Å². The second kappa shape index (κ2) is 7.87. The minimum absolute atomic E-state index is 0.0119. The van der Waals surface area contributed by atoms with Gasteiger partial charge in [0.2, 0.25) is 0 Å². The summed E-state index contributed by atoms with van der Waals surface area (Å²) in [7, 11) is -5.04. The summed E-state index contributed by atoms with van der Waals surface area (Å²) in [4.78, 5) is 0.